The van der Waals surface area contributed by atoms with Crippen molar-refractivity contribution in [3.8, 4) is 5.75 Å². The highest BCUT2D eigenvalue weighted by molar-refractivity contribution is 6.14. The van der Waals surface area contributed by atoms with Gasteiger partial charge in [-0.1, -0.05) is 12.1 Å². The number of Topliss-reactive ketones (excluding diaryl/α,β-unsaturated/α-hetero) is 1. The summed E-state index contributed by atoms with van der Waals surface area (Å²) in [4.78, 5) is 40.9. The Morgan fingerprint density at radius 3 is 2.74 bits per heavy atom. The molecule has 0 amide bonds. The SMILES string of the molecule is O=C1C=C(N2CCOCC2)N=C(CC(=O)Cc2cccc([N+](=O)[O-])c2O)C1. The highest BCUT2D eigenvalue weighted by Crippen LogP contribution is 2.30. The molecule has 0 aromatic heterocycles. The summed E-state index contributed by atoms with van der Waals surface area (Å²) in [5.74, 6) is -0.366. The van der Waals surface area contributed by atoms with Crippen LogP contribution in [-0.2, 0) is 20.7 Å². The molecule has 1 saturated heterocycles. The van der Waals surface area contributed by atoms with E-state index in [9.17, 15) is 24.8 Å². The summed E-state index contributed by atoms with van der Waals surface area (Å²) >= 11 is 0. The predicted molar refractivity (Wildman–Crippen MR) is 95.6 cm³/mol. The van der Waals surface area contributed by atoms with Gasteiger partial charge >= 0.3 is 5.69 Å². The number of carbonyl (C=O) groups excluding carboxylic acids is 2. The zero-order valence-electron chi connectivity index (χ0n) is 14.6. The van der Waals surface area contributed by atoms with Crippen LogP contribution < -0.4 is 0 Å². The summed E-state index contributed by atoms with van der Waals surface area (Å²) in [6, 6.07) is 4.06. The van der Waals surface area contributed by atoms with E-state index < -0.39 is 16.4 Å². The van der Waals surface area contributed by atoms with Crippen LogP contribution in [0.25, 0.3) is 0 Å². The Labute approximate surface area is 155 Å². The second-order valence-corrected chi connectivity index (χ2v) is 6.36. The van der Waals surface area contributed by atoms with Gasteiger partial charge in [-0.25, -0.2) is 4.99 Å². The van der Waals surface area contributed by atoms with Gasteiger partial charge in [0.15, 0.2) is 11.5 Å². The normalized spacial score (nSPS) is 17.3. The highest BCUT2D eigenvalue weighted by Gasteiger charge is 2.23. The van der Waals surface area contributed by atoms with Crippen molar-refractivity contribution in [2.45, 2.75) is 19.3 Å². The monoisotopic (exact) mass is 373 g/mol. The Bertz CT molecular complexity index is 839. The molecule has 0 saturated carbocycles. The number of nitro groups is 1. The lowest BCUT2D eigenvalue weighted by molar-refractivity contribution is -0.385. The van der Waals surface area contributed by atoms with Gasteiger partial charge in [-0.3, -0.25) is 19.7 Å². The lowest BCUT2D eigenvalue weighted by atomic mass is 10.00. The van der Waals surface area contributed by atoms with Gasteiger partial charge in [0.05, 0.1) is 18.1 Å². The summed E-state index contributed by atoms with van der Waals surface area (Å²) in [6.45, 7) is 2.37. The molecule has 1 aromatic carbocycles. The Balaban J connectivity index is 1.69. The number of hydrogen-bond donors (Lipinski definition) is 1. The molecule has 9 nitrogen and oxygen atoms in total. The Kier molecular flexibility index (Phi) is 5.60. The van der Waals surface area contributed by atoms with Crippen LogP contribution in [-0.4, -0.2) is 58.5 Å². The molecule has 3 rings (SSSR count). The molecular formula is C18H19N3O6. The highest BCUT2D eigenvalue weighted by atomic mass is 16.6. The van der Waals surface area contributed by atoms with Gasteiger partial charge in [-0.15, -0.1) is 0 Å². The van der Waals surface area contributed by atoms with Gasteiger partial charge in [-0.05, 0) is 0 Å². The van der Waals surface area contributed by atoms with Crippen LogP contribution in [0.5, 0.6) is 5.75 Å². The number of phenols is 1. The maximum atomic E-state index is 12.4. The Morgan fingerprint density at radius 1 is 1.30 bits per heavy atom. The van der Waals surface area contributed by atoms with E-state index in [-0.39, 0.29) is 36.4 Å². The van der Waals surface area contributed by atoms with Crippen molar-refractivity contribution in [1.29, 1.82) is 0 Å². The molecule has 0 unspecified atom stereocenters. The van der Waals surface area contributed by atoms with Crippen LogP contribution in [0.3, 0.4) is 0 Å². The minimum Gasteiger partial charge on any atom is -0.502 e. The number of nitrogens with zero attached hydrogens (tertiary/aromatic N) is 3. The fourth-order valence-electron chi connectivity index (χ4n) is 3.06. The predicted octanol–water partition coefficient (Wildman–Crippen LogP) is 1.39. The largest absolute Gasteiger partial charge is 0.502 e. The number of rotatable bonds is 6. The number of nitro benzene ring substituents is 1. The average Bonchev–Trinajstić information content (AvgIpc) is 2.63. The summed E-state index contributed by atoms with van der Waals surface area (Å²) in [5.41, 5.74) is 0.197. The number of aromatic hydroxyl groups is 1. The standard InChI is InChI=1S/C18H19N3O6/c22-14(8-12-2-1-3-16(18(12)24)21(25)26)9-13-10-15(23)11-17(19-13)20-4-6-27-7-5-20/h1-3,11,24H,4-10H2. The van der Waals surface area contributed by atoms with E-state index in [0.717, 1.165) is 0 Å². The lowest BCUT2D eigenvalue weighted by Crippen LogP contribution is -2.36. The summed E-state index contributed by atoms with van der Waals surface area (Å²) in [5, 5.41) is 20.8. The van der Waals surface area contributed by atoms with Crippen LogP contribution in [0.15, 0.2) is 35.1 Å². The molecule has 0 aliphatic carbocycles. The summed E-state index contributed by atoms with van der Waals surface area (Å²) in [6.07, 6.45) is 1.33. The summed E-state index contributed by atoms with van der Waals surface area (Å²) in [7, 11) is 0. The van der Waals surface area contributed by atoms with Crippen molar-refractivity contribution in [3.05, 3.63) is 45.8 Å². The topological polar surface area (TPSA) is 122 Å². The first-order valence-electron chi connectivity index (χ1n) is 8.54. The van der Waals surface area contributed by atoms with Gasteiger partial charge in [0, 0.05) is 55.8 Å². The lowest BCUT2D eigenvalue weighted by Gasteiger charge is -2.30. The zero-order valence-corrected chi connectivity index (χ0v) is 14.6. The number of carbonyl (C=O) groups is 2. The first-order valence-corrected chi connectivity index (χ1v) is 8.54. The van der Waals surface area contributed by atoms with Crippen molar-refractivity contribution in [3.63, 3.8) is 0 Å². The molecule has 0 bridgehead atoms. The maximum absolute atomic E-state index is 12.4. The summed E-state index contributed by atoms with van der Waals surface area (Å²) < 4.78 is 5.28. The first-order chi connectivity index (χ1) is 12.9. The third kappa shape index (κ3) is 4.56. The third-order valence-electron chi connectivity index (χ3n) is 4.36. The van der Waals surface area contributed by atoms with Gasteiger partial charge in [0.1, 0.15) is 11.6 Å². The van der Waals surface area contributed by atoms with Crippen molar-refractivity contribution in [2.75, 3.05) is 26.3 Å². The fraction of sp³-hybridized carbons (Fsp3) is 0.389. The van der Waals surface area contributed by atoms with Crippen molar-refractivity contribution in [2.24, 2.45) is 4.99 Å². The number of hydrogen-bond acceptors (Lipinski definition) is 8. The molecule has 2 aliphatic heterocycles. The number of benzene rings is 1. The van der Waals surface area contributed by atoms with E-state index in [0.29, 0.717) is 37.8 Å². The molecule has 1 N–H and O–H groups in total. The number of phenolic OH excluding ortho intramolecular Hbond substituents is 1. The second-order valence-electron chi connectivity index (χ2n) is 6.36. The minimum atomic E-state index is -0.702. The van der Waals surface area contributed by atoms with E-state index in [1.165, 1.54) is 24.3 Å². The molecule has 142 valence electrons. The number of para-hydroxylation sites is 1. The van der Waals surface area contributed by atoms with Crippen LogP contribution in [0.2, 0.25) is 0 Å². The van der Waals surface area contributed by atoms with Crippen molar-refractivity contribution >= 4 is 23.0 Å². The van der Waals surface area contributed by atoms with E-state index >= 15 is 0 Å². The van der Waals surface area contributed by atoms with Gasteiger partial charge in [0.2, 0.25) is 0 Å². The van der Waals surface area contributed by atoms with Gasteiger partial charge < -0.3 is 14.7 Å². The molecule has 2 heterocycles. The number of ketones is 2. The molecule has 0 spiro atoms. The Morgan fingerprint density at radius 2 is 2.04 bits per heavy atom. The molecule has 1 aromatic rings. The number of morpholine rings is 1. The fourth-order valence-corrected chi connectivity index (χ4v) is 3.06. The zero-order chi connectivity index (χ0) is 19.4. The number of aliphatic imine (C=N–C) groups is 1. The van der Waals surface area contributed by atoms with Gasteiger partial charge in [-0.2, -0.15) is 0 Å². The second kappa shape index (κ2) is 8.09. The van der Waals surface area contributed by atoms with E-state index in [1.807, 2.05) is 4.90 Å². The third-order valence-corrected chi connectivity index (χ3v) is 4.36. The van der Waals surface area contributed by atoms with E-state index in [4.69, 9.17) is 4.74 Å². The smallest absolute Gasteiger partial charge is 0.310 e. The average molecular weight is 373 g/mol. The van der Waals surface area contributed by atoms with E-state index in [2.05, 4.69) is 4.99 Å². The van der Waals surface area contributed by atoms with Crippen LogP contribution >= 0.6 is 0 Å². The molecule has 2 aliphatic rings. The molecule has 0 radical (unpaired) electrons. The molecule has 0 atom stereocenters. The van der Waals surface area contributed by atoms with Crippen molar-refractivity contribution < 1.29 is 24.4 Å². The Hall–Kier alpha value is -3.07. The van der Waals surface area contributed by atoms with Crippen LogP contribution in [0.1, 0.15) is 18.4 Å². The maximum Gasteiger partial charge on any atom is 0.310 e. The van der Waals surface area contributed by atoms with Crippen LogP contribution in [0, 0.1) is 10.1 Å². The van der Waals surface area contributed by atoms with Crippen molar-refractivity contribution in [1.82, 2.24) is 4.90 Å². The quantitative estimate of drug-likeness (QED) is 0.590. The first kappa shape index (κ1) is 18.7. The van der Waals surface area contributed by atoms with Gasteiger partial charge in [0.25, 0.3) is 0 Å². The van der Waals surface area contributed by atoms with E-state index in [1.54, 1.807) is 0 Å². The minimum absolute atomic E-state index is 0.0461. The number of ether oxygens (including phenoxy) is 1. The molecule has 9 heteroatoms. The number of allylic oxidation sites excluding steroid dienone is 1. The molecule has 1 fully saturated rings. The molecular weight excluding hydrogens is 354 g/mol. The van der Waals surface area contributed by atoms with Crippen LogP contribution in [0.4, 0.5) is 5.69 Å². The molecule has 27 heavy (non-hydrogen) atoms.